The average Bonchev–Trinajstić information content (AvgIpc) is 2.87. The number of esters is 1. The molecule has 0 bridgehead atoms. The highest BCUT2D eigenvalue weighted by atomic mass is 79.9. The van der Waals surface area contributed by atoms with E-state index in [0.717, 1.165) is 0 Å². The molecule has 0 spiro atoms. The van der Waals surface area contributed by atoms with Crippen molar-refractivity contribution in [1.82, 2.24) is 15.4 Å². The molecule has 0 atom stereocenters. The van der Waals surface area contributed by atoms with E-state index in [2.05, 4.69) is 31.3 Å². The van der Waals surface area contributed by atoms with Gasteiger partial charge >= 0.3 is 5.97 Å². The predicted octanol–water partition coefficient (Wildman–Crippen LogP) is 1.27. The third-order valence-corrected chi connectivity index (χ3v) is 3.20. The number of hydrogen-bond donors (Lipinski definition) is 2. The Morgan fingerprint density at radius 2 is 2.00 bits per heavy atom. The molecule has 1 aromatic heterocycles. The largest absolute Gasteiger partial charge is 0.493 e. The molecule has 1 amide bonds. The van der Waals surface area contributed by atoms with Crippen LogP contribution in [0.15, 0.2) is 16.6 Å². The molecule has 0 aliphatic carbocycles. The highest BCUT2D eigenvalue weighted by Gasteiger charge is 2.20. The maximum absolute atomic E-state index is 11.3. The first kappa shape index (κ1) is 15.0. The van der Waals surface area contributed by atoms with Crippen molar-refractivity contribution < 1.29 is 19.1 Å². The molecule has 0 unspecified atom stereocenters. The van der Waals surface area contributed by atoms with Crippen LogP contribution in [0.3, 0.4) is 0 Å². The first-order valence-electron chi connectivity index (χ1n) is 5.71. The second kappa shape index (κ2) is 5.92. The highest BCUT2D eigenvalue weighted by Crippen LogP contribution is 2.38. The van der Waals surface area contributed by atoms with Crippen LogP contribution in [0.4, 0.5) is 0 Å². The number of methoxy groups -OCH3 is 1. The number of H-pyrrole nitrogens is 1. The number of hydrogen-bond acceptors (Lipinski definition) is 6. The molecular formula is C12H11BrN4O4. The van der Waals surface area contributed by atoms with Gasteiger partial charge in [-0.15, -0.1) is 0 Å². The number of nitrogens with two attached hydrogens (primary N) is 1. The molecule has 2 rings (SSSR count). The monoisotopic (exact) mass is 354 g/mol. The summed E-state index contributed by atoms with van der Waals surface area (Å²) in [5, 5.41) is 9.95. The van der Waals surface area contributed by atoms with Crippen LogP contribution in [0, 0.1) is 0 Å². The number of aromatic nitrogens is 3. The minimum Gasteiger partial charge on any atom is -0.493 e. The molecular weight excluding hydrogens is 344 g/mol. The number of carbonyl (C=O) groups excluding carboxylic acids is 2. The van der Waals surface area contributed by atoms with Gasteiger partial charge in [0.15, 0.2) is 17.2 Å². The summed E-state index contributed by atoms with van der Waals surface area (Å²) in [6, 6.07) is 3.10. The summed E-state index contributed by atoms with van der Waals surface area (Å²) in [4.78, 5) is 22.4. The topological polar surface area (TPSA) is 120 Å². The summed E-state index contributed by atoms with van der Waals surface area (Å²) in [7, 11) is 1.43. The van der Waals surface area contributed by atoms with Crippen LogP contribution in [-0.4, -0.2) is 34.4 Å². The first-order valence-corrected chi connectivity index (χ1v) is 6.50. The van der Waals surface area contributed by atoms with Gasteiger partial charge in [-0.25, -0.2) is 0 Å². The lowest BCUT2D eigenvalue weighted by Gasteiger charge is -2.11. The van der Waals surface area contributed by atoms with Crippen LogP contribution in [0.5, 0.6) is 11.5 Å². The molecule has 1 aromatic carbocycles. The Morgan fingerprint density at radius 3 is 2.57 bits per heavy atom. The van der Waals surface area contributed by atoms with Gasteiger partial charge in [-0.1, -0.05) is 0 Å². The third kappa shape index (κ3) is 3.02. The van der Waals surface area contributed by atoms with Gasteiger partial charge < -0.3 is 15.2 Å². The van der Waals surface area contributed by atoms with Crippen molar-refractivity contribution in [1.29, 1.82) is 0 Å². The SMILES string of the molecule is COc1cc(-c2n[nH]nc2C(N)=O)c(Br)cc1OC(C)=O. The maximum atomic E-state index is 11.3. The van der Waals surface area contributed by atoms with Crippen LogP contribution in [-0.2, 0) is 4.79 Å². The normalized spacial score (nSPS) is 10.2. The van der Waals surface area contributed by atoms with E-state index < -0.39 is 11.9 Å². The van der Waals surface area contributed by atoms with Gasteiger partial charge in [-0.3, -0.25) is 9.59 Å². The summed E-state index contributed by atoms with van der Waals surface area (Å²) in [6.45, 7) is 1.28. The highest BCUT2D eigenvalue weighted by molar-refractivity contribution is 9.10. The lowest BCUT2D eigenvalue weighted by atomic mass is 10.1. The molecule has 0 fully saturated rings. The Kier molecular flexibility index (Phi) is 4.22. The second-order valence-corrected chi connectivity index (χ2v) is 4.82. The Bertz CT molecular complexity index is 713. The fraction of sp³-hybridized carbons (Fsp3) is 0.167. The molecule has 110 valence electrons. The molecule has 21 heavy (non-hydrogen) atoms. The predicted molar refractivity (Wildman–Crippen MR) is 75.9 cm³/mol. The van der Waals surface area contributed by atoms with Crippen molar-refractivity contribution >= 4 is 27.8 Å². The summed E-state index contributed by atoms with van der Waals surface area (Å²) in [5.74, 6) is -0.646. The van der Waals surface area contributed by atoms with Gasteiger partial charge in [0.2, 0.25) is 0 Å². The fourth-order valence-corrected chi connectivity index (χ4v) is 2.21. The molecule has 0 saturated heterocycles. The van der Waals surface area contributed by atoms with Gasteiger partial charge in [0, 0.05) is 17.0 Å². The first-order chi connectivity index (χ1) is 9.93. The van der Waals surface area contributed by atoms with E-state index in [4.69, 9.17) is 15.2 Å². The standard InChI is InChI=1S/C12H11BrN4O4/c1-5(18)21-9-4-7(13)6(3-8(9)20-2)10-11(12(14)19)16-17-15-10/h3-4H,1-2H3,(H2,14,19)(H,15,16,17). The number of halogens is 1. The maximum Gasteiger partial charge on any atom is 0.308 e. The van der Waals surface area contributed by atoms with Crippen LogP contribution in [0.1, 0.15) is 17.4 Å². The Balaban J connectivity index is 2.57. The number of rotatable bonds is 4. The van der Waals surface area contributed by atoms with Gasteiger partial charge in [0.05, 0.1) is 7.11 Å². The van der Waals surface area contributed by atoms with E-state index in [1.165, 1.54) is 20.1 Å². The zero-order valence-electron chi connectivity index (χ0n) is 11.1. The molecule has 0 aliphatic rings. The molecule has 9 heteroatoms. The van der Waals surface area contributed by atoms with Gasteiger partial charge in [-0.05, 0) is 28.1 Å². The van der Waals surface area contributed by atoms with E-state index in [1.54, 1.807) is 6.07 Å². The van der Waals surface area contributed by atoms with Crippen molar-refractivity contribution in [3.05, 3.63) is 22.3 Å². The van der Waals surface area contributed by atoms with Crippen LogP contribution >= 0.6 is 15.9 Å². The van der Waals surface area contributed by atoms with E-state index >= 15 is 0 Å². The molecule has 8 nitrogen and oxygen atoms in total. The Hall–Kier alpha value is -2.42. The fourth-order valence-electron chi connectivity index (χ4n) is 1.70. The molecule has 1 heterocycles. The average molecular weight is 355 g/mol. The molecule has 0 saturated carbocycles. The molecule has 3 N–H and O–H groups in total. The summed E-state index contributed by atoms with van der Waals surface area (Å²) in [6.07, 6.45) is 0. The zero-order chi connectivity index (χ0) is 15.6. The number of aromatic amines is 1. The number of amides is 1. The van der Waals surface area contributed by atoms with E-state index in [9.17, 15) is 9.59 Å². The van der Waals surface area contributed by atoms with Gasteiger partial charge in [0.1, 0.15) is 5.69 Å². The number of nitrogens with zero attached hydrogens (tertiary/aromatic N) is 2. The Morgan fingerprint density at radius 1 is 1.29 bits per heavy atom. The van der Waals surface area contributed by atoms with Gasteiger partial charge in [-0.2, -0.15) is 15.4 Å². The number of carbonyl (C=O) groups is 2. The quantitative estimate of drug-likeness (QED) is 0.629. The number of primary amides is 1. The number of ether oxygens (including phenoxy) is 2. The smallest absolute Gasteiger partial charge is 0.308 e. The van der Waals surface area contributed by atoms with Crippen molar-refractivity contribution in [3.63, 3.8) is 0 Å². The summed E-state index contributed by atoms with van der Waals surface area (Å²) >= 11 is 3.32. The minimum absolute atomic E-state index is 0.00186. The van der Waals surface area contributed by atoms with E-state index in [1.807, 2.05) is 0 Å². The second-order valence-electron chi connectivity index (χ2n) is 3.96. The van der Waals surface area contributed by atoms with Crippen molar-refractivity contribution in [2.45, 2.75) is 6.92 Å². The number of benzene rings is 1. The molecule has 2 aromatic rings. The van der Waals surface area contributed by atoms with Crippen molar-refractivity contribution in [2.75, 3.05) is 7.11 Å². The van der Waals surface area contributed by atoms with E-state index in [-0.39, 0.29) is 17.1 Å². The van der Waals surface area contributed by atoms with Crippen molar-refractivity contribution in [3.8, 4) is 22.8 Å². The molecule has 0 radical (unpaired) electrons. The van der Waals surface area contributed by atoms with Gasteiger partial charge in [0.25, 0.3) is 5.91 Å². The lowest BCUT2D eigenvalue weighted by molar-refractivity contribution is -0.132. The van der Waals surface area contributed by atoms with Crippen LogP contribution in [0.2, 0.25) is 0 Å². The third-order valence-electron chi connectivity index (χ3n) is 2.54. The summed E-state index contributed by atoms with van der Waals surface area (Å²) in [5.41, 5.74) is 6.02. The Labute approximate surface area is 127 Å². The summed E-state index contributed by atoms with van der Waals surface area (Å²) < 4.78 is 10.7. The minimum atomic E-state index is -0.714. The number of nitrogens with one attached hydrogen (secondary N) is 1. The zero-order valence-corrected chi connectivity index (χ0v) is 12.7. The van der Waals surface area contributed by atoms with Crippen LogP contribution in [0.25, 0.3) is 11.3 Å². The van der Waals surface area contributed by atoms with Crippen molar-refractivity contribution in [2.24, 2.45) is 5.73 Å². The van der Waals surface area contributed by atoms with E-state index in [0.29, 0.717) is 15.8 Å². The molecule has 0 aliphatic heterocycles. The van der Waals surface area contributed by atoms with Crippen LogP contribution < -0.4 is 15.2 Å². The lowest BCUT2D eigenvalue weighted by Crippen LogP contribution is -2.13.